The number of nitrogens with zero attached hydrogens (tertiary/aromatic N) is 1. The molecule has 1 unspecified atom stereocenters. The van der Waals surface area contributed by atoms with Gasteiger partial charge in [-0.15, -0.1) is 0 Å². The number of aromatic nitrogens is 1. The first-order valence-electron chi connectivity index (χ1n) is 4.56. The third-order valence-electron chi connectivity index (χ3n) is 2.56. The van der Waals surface area contributed by atoms with Crippen molar-refractivity contribution in [3.63, 3.8) is 0 Å². The van der Waals surface area contributed by atoms with Gasteiger partial charge in [0.15, 0.2) is 0 Å². The van der Waals surface area contributed by atoms with E-state index in [4.69, 9.17) is 0 Å². The highest BCUT2D eigenvalue weighted by atomic mass is 19.1. The van der Waals surface area contributed by atoms with Crippen LogP contribution >= 0.6 is 0 Å². The molecule has 0 fully saturated rings. The molecule has 0 radical (unpaired) electrons. The standard InChI is InChI=1S/C11H16FN/c1-8(2)11(4,12)10-6-5-9(3)13-7-10/h5-8H,1-4H3. The van der Waals surface area contributed by atoms with Gasteiger partial charge in [-0.05, 0) is 25.8 Å². The summed E-state index contributed by atoms with van der Waals surface area (Å²) in [6.45, 7) is 7.25. The van der Waals surface area contributed by atoms with Gasteiger partial charge in [-0.3, -0.25) is 4.98 Å². The molecule has 2 heteroatoms. The van der Waals surface area contributed by atoms with E-state index in [9.17, 15) is 4.39 Å². The second-order valence-corrected chi connectivity index (χ2v) is 3.92. The van der Waals surface area contributed by atoms with Gasteiger partial charge in [-0.2, -0.15) is 0 Å². The smallest absolute Gasteiger partial charge is 0.137 e. The summed E-state index contributed by atoms with van der Waals surface area (Å²) in [7, 11) is 0. The minimum Gasteiger partial charge on any atom is -0.261 e. The molecule has 0 aliphatic carbocycles. The van der Waals surface area contributed by atoms with Crippen LogP contribution in [0.3, 0.4) is 0 Å². The Morgan fingerprint density at radius 3 is 2.38 bits per heavy atom. The van der Waals surface area contributed by atoms with Crippen LogP contribution in [-0.2, 0) is 5.67 Å². The van der Waals surface area contributed by atoms with Crippen LogP contribution in [0.4, 0.5) is 4.39 Å². The Morgan fingerprint density at radius 1 is 1.38 bits per heavy atom. The SMILES string of the molecule is Cc1ccc(C(C)(F)C(C)C)cn1. The van der Waals surface area contributed by atoms with Crippen molar-refractivity contribution in [2.45, 2.75) is 33.4 Å². The van der Waals surface area contributed by atoms with Crippen molar-refractivity contribution >= 4 is 0 Å². The van der Waals surface area contributed by atoms with Crippen LogP contribution in [0.25, 0.3) is 0 Å². The minimum absolute atomic E-state index is 0.0305. The third kappa shape index (κ3) is 2.06. The number of hydrogen-bond acceptors (Lipinski definition) is 1. The Hall–Kier alpha value is -0.920. The van der Waals surface area contributed by atoms with Crippen LogP contribution in [-0.4, -0.2) is 4.98 Å². The topological polar surface area (TPSA) is 12.9 Å². The minimum atomic E-state index is -1.28. The fourth-order valence-corrected chi connectivity index (χ4v) is 1.09. The average Bonchev–Trinajstić information content (AvgIpc) is 2.04. The second-order valence-electron chi connectivity index (χ2n) is 3.92. The normalized spacial score (nSPS) is 15.8. The molecule has 1 aromatic rings. The number of alkyl halides is 1. The molecule has 13 heavy (non-hydrogen) atoms. The van der Waals surface area contributed by atoms with E-state index in [-0.39, 0.29) is 5.92 Å². The molecular weight excluding hydrogens is 165 g/mol. The summed E-state index contributed by atoms with van der Waals surface area (Å²) in [4.78, 5) is 4.09. The van der Waals surface area contributed by atoms with Gasteiger partial charge < -0.3 is 0 Å². The van der Waals surface area contributed by atoms with Crippen LogP contribution in [0.1, 0.15) is 32.0 Å². The third-order valence-corrected chi connectivity index (χ3v) is 2.56. The lowest BCUT2D eigenvalue weighted by molar-refractivity contribution is 0.123. The number of rotatable bonds is 2. The summed E-state index contributed by atoms with van der Waals surface area (Å²) in [5.74, 6) is -0.0305. The molecule has 1 heterocycles. The van der Waals surface area contributed by atoms with Crippen molar-refractivity contribution in [3.05, 3.63) is 29.6 Å². The summed E-state index contributed by atoms with van der Waals surface area (Å²) in [5, 5.41) is 0. The lowest BCUT2D eigenvalue weighted by Gasteiger charge is -2.24. The Labute approximate surface area is 79.0 Å². The van der Waals surface area contributed by atoms with Gasteiger partial charge in [0.25, 0.3) is 0 Å². The van der Waals surface area contributed by atoms with E-state index < -0.39 is 5.67 Å². The van der Waals surface area contributed by atoms with E-state index in [1.807, 2.05) is 32.9 Å². The molecule has 0 aliphatic rings. The van der Waals surface area contributed by atoms with Crippen LogP contribution in [0.2, 0.25) is 0 Å². The zero-order chi connectivity index (χ0) is 10.1. The van der Waals surface area contributed by atoms with Crippen molar-refractivity contribution < 1.29 is 4.39 Å². The Kier molecular flexibility index (Phi) is 2.69. The summed E-state index contributed by atoms with van der Waals surface area (Å²) in [6, 6.07) is 3.65. The van der Waals surface area contributed by atoms with E-state index in [1.165, 1.54) is 0 Å². The van der Waals surface area contributed by atoms with E-state index in [0.29, 0.717) is 5.56 Å². The number of aryl methyl sites for hydroxylation is 1. The zero-order valence-electron chi connectivity index (χ0n) is 8.63. The molecule has 1 rings (SSSR count). The van der Waals surface area contributed by atoms with Crippen molar-refractivity contribution in [1.29, 1.82) is 0 Å². The number of halogens is 1. The molecule has 0 amide bonds. The van der Waals surface area contributed by atoms with Crippen molar-refractivity contribution in [3.8, 4) is 0 Å². The second kappa shape index (κ2) is 3.44. The fraction of sp³-hybridized carbons (Fsp3) is 0.545. The molecule has 1 atom stereocenters. The van der Waals surface area contributed by atoms with Crippen molar-refractivity contribution in [1.82, 2.24) is 4.98 Å². The van der Waals surface area contributed by atoms with Gasteiger partial charge in [0.1, 0.15) is 5.67 Å². The maximum atomic E-state index is 14.0. The summed E-state index contributed by atoms with van der Waals surface area (Å²) in [6.07, 6.45) is 1.62. The predicted molar refractivity (Wildman–Crippen MR) is 52.3 cm³/mol. The summed E-state index contributed by atoms with van der Waals surface area (Å²) < 4.78 is 14.0. The molecule has 1 aromatic heterocycles. The van der Waals surface area contributed by atoms with Gasteiger partial charge in [0.05, 0.1) is 0 Å². The highest BCUT2D eigenvalue weighted by Gasteiger charge is 2.29. The monoisotopic (exact) mass is 181 g/mol. The van der Waals surface area contributed by atoms with Gasteiger partial charge in [0.2, 0.25) is 0 Å². The Bertz CT molecular complexity index is 275. The van der Waals surface area contributed by atoms with Crippen LogP contribution in [0.5, 0.6) is 0 Å². The van der Waals surface area contributed by atoms with Gasteiger partial charge in [0, 0.05) is 17.5 Å². The molecule has 0 spiro atoms. The van der Waals surface area contributed by atoms with E-state index >= 15 is 0 Å². The highest BCUT2D eigenvalue weighted by Crippen LogP contribution is 2.32. The summed E-state index contributed by atoms with van der Waals surface area (Å²) in [5.41, 5.74) is 0.303. The predicted octanol–water partition coefficient (Wildman–Crippen LogP) is 3.23. The first-order chi connectivity index (χ1) is 5.94. The fourth-order valence-electron chi connectivity index (χ4n) is 1.09. The lowest BCUT2D eigenvalue weighted by Crippen LogP contribution is -2.22. The molecular formula is C11H16FN. The van der Waals surface area contributed by atoms with Gasteiger partial charge in [-0.1, -0.05) is 19.9 Å². The molecule has 72 valence electrons. The molecule has 0 N–H and O–H groups in total. The zero-order valence-corrected chi connectivity index (χ0v) is 8.63. The quantitative estimate of drug-likeness (QED) is 0.682. The van der Waals surface area contributed by atoms with E-state index in [1.54, 1.807) is 13.1 Å². The molecule has 1 nitrogen and oxygen atoms in total. The van der Waals surface area contributed by atoms with Crippen molar-refractivity contribution in [2.75, 3.05) is 0 Å². The Morgan fingerprint density at radius 2 is 2.00 bits per heavy atom. The lowest BCUT2D eigenvalue weighted by atomic mass is 9.88. The molecule has 0 aliphatic heterocycles. The van der Waals surface area contributed by atoms with Gasteiger partial charge in [-0.25, -0.2) is 4.39 Å². The van der Waals surface area contributed by atoms with Crippen LogP contribution in [0.15, 0.2) is 18.3 Å². The summed E-state index contributed by atoms with van der Waals surface area (Å²) >= 11 is 0. The maximum absolute atomic E-state index is 14.0. The molecule has 0 saturated carbocycles. The molecule has 0 bridgehead atoms. The van der Waals surface area contributed by atoms with E-state index in [0.717, 1.165) is 5.69 Å². The van der Waals surface area contributed by atoms with E-state index in [2.05, 4.69) is 4.98 Å². The van der Waals surface area contributed by atoms with Crippen LogP contribution < -0.4 is 0 Å². The highest BCUT2D eigenvalue weighted by molar-refractivity contribution is 5.20. The van der Waals surface area contributed by atoms with Crippen LogP contribution in [0, 0.1) is 12.8 Å². The van der Waals surface area contributed by atoms with Gasteiger partial charge >= 0.3 is 0 Å². The maximum Gasteiger partial charge on any atom is 0.137 e. The number of pyridine rings is 1. The van der Waals surface area contributed by atoms with Crippen molar-refractivity contribution in [2.24, 2.45) is 5.92 Å². The first-order valence-corrected chi connectivity index (χ1v) is 4.56. The number of hydrogen-bond donors (Lipinski definition) is 0. The molecule has 0 saturated heterocycles. The molecule has 0 aromatic carbocycles. The Balaban J connectivity index is 3.01. The largest absolute Gasteiger partial charge is 0.261 e. The average molecular weight is 181 g/mol. The first kappa shape index (κ1) is 10.2.